The molecule has 0 radical (unpaired) electrons. The van der Waals surface area contributed by atoms with Gasteiger partial charge < -0.3 is 9.84 Å². The molecule has 18 heavy (non-hydrogen) atoms. The first-order valence-corrected chi connectivity index (χ1v) is 6.41. The van der Waals surface area contributed by atoms with Crippen LogP contribution in [0.2, 0.25) is 0 Å². The molecule has 1 aromatic rings. The van der Waals surface area contributed by atoms with Crippen LogP contribution in [-0.2, 0) is 0 Å². The van der Waals surface area contributed by atoms with E-state index in [0.29, 0.717) is 5.75 Å². The normalized spacial score (nSPS) is 21.7. The molecule has 0 saturated heterocycles. The Bertz CT molecular complexity index is 437. The lowest BCUT2D eigenvalue weighted by Gasteiger charge is -2.20. The van der Waals surface area contributed by atoms with Gasteiger partial charge >= 0.3 is 5.97 Å². The molecule has 1 atom stereocenters. The van der Waals surface area contributed by atoms with E-state index < -0.39 is 5.97 Å². The standard InChI is InChI=1S/C15H18O3/c16-15(17)13-10-6-7-11-14(13)18-12-8-4-2-1-3-5-9-12/h1-2,6-7,10-12H,3-5,8-9H2,(H,16,17)/b2-1-. The minimum absolute atomic E-state index is 0.121. The molecule has 1 N–H and O–H groups in total. The molecule has 0 heterocycles. The lowest BCUT2D eigenvalue weighted by atomic mass is 10.0. The van der Waals surface area contributed by atoms with E-state index in [2.05, 4.69) is 12.2 Å². The first-order valence-electron chi connectivity index (χ1n) is 6.41. The topological polar surface area (TPSA) is 46.5 Å². The Labute approximate surface area is 107 Å². The van der Waals surface area contributed by atoms with Crippen molar-refractivity contribution in [3.05, 3.63) is 42.0 Å². The van der Waals surface area contributed by atoms with Crippen molar-refractivity contribution in [1.82, 2.24) is 0 Å². The van der Waals surface area contributed by atoms with E-state index >= 15 is 0 Å². The Kier molecular flexibility index (Phi) is 4.40. The number of rotatable bonds is 3. The molecule has 1 unspecified atom stereocenters. The highest BCUT2D eigenvalue weighted by Gasteiger charge is 2.15. The minimum atomic E-state index is -0.934. The molecule has 0 bridgehead atoms. The van der Waals surface area contributed by atoms with Gasteiger partial charge in [0.15, 0.2) is 0 Å². The van der Waals surface area contributed by atoms with E-state index in [1.54, 1.807) is 18.2 Å². The number of carboxylic acids is 1. The van der Waals surface area contributed by atoms with E-state index in [4.69, 9.17) is 9.84 Å². The fraction of sp³-hybridized carbons (Fsp3) is 0.400. The molecule has 0 aliphatic heterocycles. The van der Waals surface area contributed by atoms with E-state index in [0.717, 1.165) is 32.1 Å². The Morgan fingerprint density at radius 2 is 1.94 bits per heavy atom. The molecule has 0 amide bonds. The molecular weight excluding hydrogens is 228 g/mol. The third kappa shape index (κ3) is 3.36. The van der Waals surface area contributed by atoms with Crippen LogP contribution in [0.4, 0.5) is 0 Å². The van der Waals surface area contributed by atoms with Crippen LogP contribution in [0.3, 0.4) is 0 Å². The monoisotopic (exact) mass is 246 g/mol. The van der Waals surface area contributed by atoms with Gasteiger partial charge in [0.05, 0.1) is 6.10 Å². The molecular formula is C15H18O3. The fourth-order valence-corrected chi connectivity index (χ4v) is 2.17. The van der Waals surface area contributed by atoms with Crippen LogP contribution < -0.4 is 4.74 Å². The number of carboxylic acid groups (broad SMARTS) is 1. The third-order valence-electron chi connectivity index (χ3n) is 3.13. The molecule has 1 aromatic carbocycles. The van der Waals surface area contributed by atoms with Gasteiger partial charge in [-0.05, 0) is 44.2 Å². The van der Waals surface area contributed by atoms with Crippen molar-refractivity contribution in [2.45, 2.75) is 38.2 Å². The highest BCUT2D eigenvalue weighted by atomic mass is 16.5. The van der Waals surface area contributed by atoms with E-state index in [1.165, 1.54) is 0 Å². The number of hydrogen-bond acceptors (Lipinski definition) is 2. The predicted octanol–water partition coefficient (Wildman–Crippen LogP) is 3.65. The van der Waals surface area contributed by atoms with Gasteiger partial charge in [0.2, 0.25) is 0 Å². The van der Waals surface area contributed by atoms with Crippen molar-refractivity contribution in [3.8, 4) is 5.75 Å². The van der Waals surface area contributed by atoms with Gasteiger partial charge in [0.25, 0.3) is 0 Å². The lowest BCUT2D eigenvalue weighted by Crippen LogP contribution is -2.18. The van der Waals surface area contributed by atoms with Gasteiger partial charge in [-0.1, -0.05) is 24.3 Å². The van der Waals surface area contributed by atoms with Crippen LogP contribution in [0.25, 0.3) is 0 Å². The van der Waals surface area contributed by atoms with Gasteiger partial charge in [-0.3, -0.25) is 0 Å². The van der Waals surface area contributed by atoms with Crippen molar-refractivity contribution in [3.63, 3.8) is 0 Å². The second kappa shape index (κ2) is 6.24. The predicted molar refractivity (Wildman–Crippen MR) is 70.0 cm³/mol. The Balaban J connectivity index is 2.08. The van der Waals surface area contributed by atoms with Gasteiger partial charge in [-0.25, -0.2) is 4.79 Å². The van der Waals surface area contributed by atoms with Gasteiger partial charge in [0.1, 0.15) is 11.3 Å². The Morgan fingerprint density at radius 1 is 1.17 bits per heavy atom. The van der Waals surface area contributed by atoms with Crippen molar-refractivity contribution in [1.29, 1.82) is 0 Å². The zero-order valence-electron chi connectivity index (χ0n) is 10.3. The van der Waals surface area contributed by atoms with Crippen molar-refractivity contribution >= 4 is 5.97 Å². The van der Waals surface area contributed by atoms with Crippen LogP contribution in [0.15, 0.2) is 36.4 Å². The summed E-state index contributed by atoms with van der Waals surface area (Å²) in [6.45, 7) is 0. The van der Waals surface area contributed by atoms with Gasteiger partial charge in [0, 0.05) is 0 Å². The van der Waals surface area contributed by atoms with Crippen LogP contribution in [0.5, 0.6) is 5.75 Å². The van der Waals surface area contributed by atoms with E-state index in [-0.39, 0.29) is 11.7 Å². The smallest absolute Gasteiger partial charge is 0.339 e. The highest BCUT2D eigenvalue weighted by Crippen LogP contribution is 2.23. The largest absolute Gasteiger partial charge is 0.490 e. The maximum Gasteiger partial charge on any atom is 0.339 e. The number of carbonyl (C=O) groups is 1. The van der Waals surface area contributed by atoms with Crippen molar-refractivity contribution in [2.24, 2.45) is 0 Å². The number of para-hydroxylation sites is 1. The summed E-state index contributed by atoms with van der Waals surface area (Å²) in [5.74, 6) is -0.448. The Morgan fingerprint density at radius 3 is 2.78 bits per heavy atom. The highest BCUT2D eigenvalue weighted by molar-refractivity contribution is 5.90. The van der Waals surface area contributed by atoms with Crippen LogP contribution in [0, 0.1) is 0 Å². The summed E-state index contributed by atoms with van der Waals surface area (Å²) in [7, 11) is 0. The molecule has 0 aromatic heterocycles. The zero-order chi connectivity index (χ0) is 12.8. The number of benzene rings is 1. The third-order valence-corrected chi connectivity index (χ3v) is 3.13. The second-order valence-corrected chi connectivity index (χ2v) is 4.52. The maximum absolute atomic E-state index is 11.1. The quantitative estimate of drug-likeness (QED) is 0.828. The number of ether oxygens (including phenoxy) is 1. The molecule has 2 rings (SSSR count). The molecule has 96 valence electrons. The molecule has 1 aliphatic carbocycles. The molecule has 0 saturated carbocycles. The number of allylic oxidation sites excluding steroid dienone is 2. The van der Waals surface area contributed by atoms with Crippen LogP contribution in [-0.4, -0.2) is 17.2 Å². The van der Waals surface area contributed by atoms with Crippen molar-refractivity contribution in [2.75, 3.05) is 0 Å². The summed E-state index contributed by atoms with van der Waals surface area (Å²) in [5, 5.41) is 9.10. The van der Waals surface area contributed by atoms with Crippen LogP contribution in [0.1, 0.15) is 42.5 Å². The molecule has 0 spiro atoms. The summed E-state index contributed by atoms with van der Waals surface area (Å²) in [5.41, 5.74) is 0.245. The van der Waals surface area contributed by atoms with E-state index in [9.17, 15) is 4.79 Å². The summed E-state index contributed by atoms with van der Waals surface area (Å²) in [6.07, 6.45) is 9.62. The summed E-state index contributed by atoms with van der Waals surface area (Å²) < 4.78 is 5.87. The molecule has 3 heteroatoms. The van der Waals surface area contributed by atoms with Gasteiger partial charge in [-0.2, -0.15) is 0 Å². The van der Waals surface area contributed by atoms with Crippen molar-refractivity contribution < 1.29 is 14.6 Å². The van der Waals surface area contributed by atoms with E-state index in [1.807, 2.05) is 6.07 Å². The SMILES string of the molecule is O=C(O)c1ccccc1OC1CC/C=C\CCC1. The number of aromatic carboxylic acids is 1. The fourth-order valence-electron chi connectivity index (χ4n) is 2.17. The maximum atomic E-state index is 11.1. The number of hydrogen-bond donors (Lipinski definition) is 1. The first-order chi connectivity index (χ1) is 8.77. The zero-order valence-corrected chi connectivity index (χ0v) is 10.3. The molecule has 0 fully saturated rings. The average molecular weight is 246 g/mol. The minimum Gasteiger partial charge on any atom is -0.490 e. The van der Waals surface area contributed by atoms with Crippen LogP contribution >= 0.6 is 0 Å². The lowest BCUT2D eigenvalue weighted by molar-refractivity contribution is 0.0688. The summed E-state index contributed by atoms with van der Waals surface area (Å²) in [6, 6.07) is 6.85. The second-order valence-electron chi connectivity index (χ2n) is 4.52. The van der Waals surface area contributed by atoms with Gasteiger partial charge in [-0.15, -0.1) is 0 Å². The first kappa shape index (κ1) is 12.7. The molecule has 1 aliphatic rings. The Hall–Kier alpha value is -1.77. The average Bonchev–Trinajstić information content (AvgIpc) is 2.33. The summed E-state index contributed by atoms with van der Waals surface area (Å²) >= 11 is 0. The molecule has 3 nitrogen and oxygen atoms in total. The summed E-state index contributed by atoms with van der Waals surface area (Å²) in [4.78, 5) is 11.1.